The second kappa shape index (κ2) is 6.26. The van der Waals surface area contributed by atoms with Crippen molar-refractivity contribution in [2.45, 2.75) is 6.61 Å². The molecule has 0 saturated heterocycles. The van der Waals surface area contributed by atoms with Gasteiger partial charge in [-0.15, -0.1) is 0 Å². The summed E-state index contributed by atoms with van der Waals surface area (Å²) in [4.78, 5) is 9.66. The average Bonchev–Trinajstić information content (AvgIpc) is 2.53. The van der Waals surface area contributed by atoms with Crippen LogP contribution in [0.15, 0.2) is 66.7 Å². The summed E-state index contributed by atoms with van der Waals surface area (Å²) in [6.07, 6.45) is 0. The number of benzene rings is 3. The normalized spacial score (nSPS) is 12.3. The molecule has 0 bridgehead atoms. The van der Waals surface area contributed by atoms with E-state index in [4.69, 9.17) is 4.74 Å². The van der Waals surface area contributed by atoms with Crippen LogP contribution in [0.3, 0.4) is 0 Å². The van der Waals surface area contributed by atoms with E-state index in [0.717, 1.165) is 16.6 Å². The largest absolute Gasteiger partial charge is 0.489 e. The molecule has 3 aromatic rings. The molecule has 3 heteroatoms. The molecule has 0 heterocycles. The number of rotatable bonds is 4. The Labute approximate surface area is 125 Å². The van der Waals surface area contributed by atoms with Crippen molar-refractivity contribution in [1.82, 2.24) is 0 Å². The smallest absolute Gasteiger partial charge is 0.120 e. The molecular weight excluding hydrogens is 279 g/mol. The second-order valence-electron chi connectivity index (χ2n) is 4.99. The molecule has 2 nitrogen and oxygen atoms in total. The maximum absolute atomic E-state index is 9.66. The summed E-state index contributed by atoms with van der Waals surface area (Å²) in [5, 5.41) is 3.39. The monoisotopic (exact) mass is 296 g/mol. The van der Waals surface area contributed by atoms with Gasteiger partial charge in [0, 0.05) is 5.30 Å². The molecule has 0 fully saturated rings. The van der Waals surface area contributed by atoms with Crippen molar-refractivity contribution in [2.75, 3.05) is 6.66 Å². The van der Waals surface area contributed by atoms with Gasteiger partial charge in [0.25, 0.3) is 0 Å². The van der Waals surface area contributed by atoms with Gasteiger partial charge >= 0.3 is 0 Å². The predicted molar refractivity (Wildman–Crippen MR) is 89.4 cm³/mol. The molecule has 21 heavy (non-hydrogen) atoms. The molecule has 0 spiro atoms. The minimum Gasteiger partial charge on any atom is -0.489 e. The van der Waals surface area contributed by atoms with Gasteiger partial charge in [0.05, 0.1) is 8.15 Å². The quantitative estimate of drug-likeness (QED) is 0.736. The number of hydrogen-bond acceptors (Lipinski definition) is 2. The zero-order valence-corrected chi connectivity index (χ0v) is 12.8. The first-order valence-corrected chi connectivity index (χ1v) is 8.60. The van der Waals surface area contributed by atoms with Gasteiger partial charge in [-0.25, -0.2) is 0 Å². The molecule has 3 rings (SSSR count). The lowest BCUT2D eigenvalue weighted by atomic mass is 10.1. The molecule has 1 unspecified atom stereocenters. The second-order valence-corrected chi connectivity index (χ2v) is 6.55. The Balaban J connectivity index is 1.75. The molecule has 0 aromatic heterocycles. The van der Waals surface area contributed by atoms with Crippen molar-refractivity contribution < 1.29 is 9.63 Å². The lowest BCUT2D eigenvalue weighted by Gasteiger charge is -2.10. The van der Waals surface area contributed by atoms with Crippen LogP contribution in [0.5, 0.6) is 5.75 Å². The third-order valence-electron chi connectivity index (χ3n) is 3.41. The molecule has 0 radical (unpaired) electrons. The van der Waals surface area contributed by atoms with Crippen LogP contribution in [0.1, 0.15) is 5.56 Å². The van der Waals surface area contributed by atoms with Crippen LogP contribution >= 0.6 is 8.15 Å². The Morgan fingerprint density at radius 3 is 2.52 bits per heavy atom. The van der Waals surface area contributed by atoms with E-state index in [0.29, 0.717) is 6.61 Å². The van der Waals surface area contributed by atoms with Gasteiger partial charge in [-0.3, -0.25) is 0 Å². The standard InChI is InChI=1S/C18H17O2P/c1-21(19)18-8-4-7-17(12-18)20-13-14-9-10-15-5-2-3-6-16(15)11-14/h2-12,19H,13H2,1H3. The highest BCUT2D eigenvalue weighted by atomic mass is 31.1. The summed E-state index contributed by atoms with van der Waals surface area (Å²) < 4.78 is 5.83. The Kier molecular flexibility index (Phi) is 4.19. The molecule has 0 aliphatic heterocycles. The molecule has 0 saturated carbocycles. The van der Waals surface area contributed by atoms with Gasteiger partial charge in [-0.05, 0) is 41.2 Å². The van der Waals surface area contributed by atoms with Crippen molar-refractivity contribution in [3.63, 3.8) is 0 Å². The zero-order valence-electron chi connectivity index (χ0n) is 11.9. The first kappa shape index (κ1) is 14.1. The summed E-state index contributed by atoms with van der Waals surface area (Å²) in [5.41, 5.74) is 1.14. The summed E-state index contributed by atoms with van der Waals surface area (Å²) in [5.74, 6) is 0.795. The van der Waals surface area contributed by atoms with Gasteiger partial charge in [-0.2, -0.15) is 0 Å². The lowest BCUT2D eigenvalue weighted by molar-refractivity contribution is 0.306. The summed E-state index contributed by atoms with van der Waals surface area (Å²) in [6.45, 7) is 2.35. The lowest BCUT2D eigenvalue weighted by Crippen LogP contribution is -2.01. The molecule has 0 aliphatic rings. The minimum atomic E-state index is -1.08. The molecule has 3 aromatic carbocycles. The summed E-state index contributed by atoms with van der Waals surface area (Å²) >= 11 is 0. The fourth-order valence-electron chi connectivity index (χ4n) is 2.27. The van der Waals surface area contributed by atoms with E-state index in [1.54, 1.807) is 0 Å². The Hall–Kier alpha value is -1.89. The van der Waals surface area contributed by atoms with Crippen LogP contribution < -0.4 is 10.0 Å². The topological polar surface area (TPSA) is 29.5 Å². The number of ether oxygens (including phenoxy) is 1. The Morgan fingerprint density at radius 1 is 0.905 bits per heavy atom. The van der Waals surface area contributed by atoms with Gasteiger partial charge < -0.3 is 9.63 Å². The highest BCUT2D eigenvalue weighted by Crippen LogP contribution is 2.25. The fraction of sp³-hybridized carbons (Fsp3) is 0.111. The van der Waals surface area contributed by atoms with Gasteiger partial charge in [0.15, 0.2) is 0 Å². The van der Waals surface area contributed by atoms with Crippen molar-refractivity contribution in [2.24, 2.45) is 0 Å². The highest BCUT2D eigenvalue weighted by Gasteiger charge is 2.03. The van der Waals surface area contributed by atoms with E-state index in [1.165, 1.54) is 10.8 Å². The molecule has 0 aliphatic carbocycles. The van der Waals surface area contributed by atoms with Crippen LogP contribution in [0.25, 0.3) is 10.8 Å². The van der Waals surface area contributed by atoms with Crippen molar-refractivity contribution in [3.8, 4) is 5.75 Å². The molecule has 1 atom stereocenters. The third kappa shape index (κ3) is 3.41. The summed E-state index contributed by atoms with van der Waals surface area (Å²) in [6, 6.07) is 22.3. The first-order valence-electron chi connectivity index (χ1n) is 6.85. The summed E-state index contributed by atoms with van der Waals surface area (Å²) in [7, 11) is -1.08. The molecule has 0 amide bonds. The van der Waals surface area contributed by atoms with Crippen LogP contribution in [0.4, 0.5) is 0 Å². The van der Waals surface area contributed by atoms with Gasteiger partial charge in [0.1, 0.15) is 12.4 Å². The maximum atomic E-state index is 9.66. The molecule has 1 N–H and O–H groups in total. The van der Waals surface area contributed by atoms with E-state index in [1.807, 2.05) is 43.1 Å². The van der Waals surface area contributed by atoms with Crippen LogP contribution in [-0.4, -0.2) is 11.6 Å². The Morgan fingerprint density at radius 2 is 1.71 bits per heavy atom. The third-order valence-corrected chi connectivity index (χ3v) is 4.44. The van der Waals surface area contributed by atoms with Crippen molar-refractivity contribution >= 4 is 24.2 Å². The van der Waals surface area contributed by atoms with E-state index in [-0.39, 0.29) is 0 Å². The van der Waals surface area contributed by atoms with Gasteiger partial charge in [-0.1, -0.05) is 48.5 Å². The maximum Gasteiger partial charge on any atom is 0.120 e. The molecular formula is C18H17O2P. The fourth-order valence-corrected chi connectivity index (χ4v) is 2.89. The van der Waals surface area contributed by atoms with Gasteiger partial charge in [0.2, 0.25) is 0 Å². The van der Waals surface area contributed by atoms with Crippen LogP contribution in [0.2, 0.25) is 0 Å². The average molecular weight is 296 g/mol. The van der Waals surface area contributed by atoms with E-state index in [9.17, 15) is 4.89 Å². The zero-order chi connectivity index (χ0) is 14.7. The predicted octanol–water partition coefficient (Wildman–Crippen LogP) is 4.06. The first-order chi connectivity index (χ1) is 10.2. The molecule has 106 valence electrons. The highest BCUT2D eigenvalue weighted by molar-refractivity contribution is 7.59. The van der Waals surface area contributed by atoms with Crippen molar-refractivity contribution in [3.05, 3.63) is 72.3 Å². The van der Waals surface area contributed by atoms with Crippen LogP contribution in [-0.2, 0) is 6.61 Å². The van der Waals surface area contributed by atoms with E-state index < -0.39 is 8.15 Å². The van der Waals surface area contributed by atoms with Crippen molar-refractivity contribution in [1.29, 1.82) is 0 Å². The SMILES string of the molecule is CP(O)c1cccc(OCc2ccc3ccccc3c2)c1. The number of fused-ring (bicyclic) bond motifs is 1. The van der Waals surface area contributed by atoms with E-state index >= 15 is 0 Å². The minimum absolute atomic E-state index is 0.529. The Bertz CT molecular complexity index is 753. The number of hydrogen-bond donors (Lipinski definition) is 1. The van der Waals surface area contributed by atoms with Crippen LogP contribution in [0, 0.1) is 0 Å². The van der Waals surface area contributed by atoms with E-state index in [2.05, 4.69) is 30.3 Å².